The van der Waals surface area contributed by atoms with Gasteiger partial charge in [0.05, 0.1) is 13.4 Å². The van der Waals surface area contributed by atoms with Crippen molar-refractivity contribution in [1.82, 2.24) is 9.80 Å². The summed E-state index contributed by atoms with van der Waals surface area (Å²) >= 11 is 0. The minimum atomic E-state index is 0.0497. The fourth-order valence-electron chi connectivity index (χ4n) is 3.87. The van der Waals surface area contributed by atoms with Crippen LogP contribution in [-0.4, -0.2) is 56.0 Å². The highest BCUT2D eigenvalue weighted by atomic mass is 16.5. The topological polar surface area (TPSA) is 45.9 Å². The molecular formula is C25H28N2O3. The summed E-state index contributed by atoms with van der Waals surface area (Å²) in [4.78, 5) is 16.9. The Labute approximate surface area is 177 Å². The third-order valence-corrected chi connectivity index (χ3v) is 5.84. The summed E-state index contributed by atoms with van der Waals surface area (Å²) in [7, 11) is 3.73. The maximum atomic E-state index is 12.8. The third kappa shape index (κ3) is 3.98. The van der Waals surface area contributed by atoms with Gasteiger partial charge in [-0.3, -0.25) is 4.79 Å². The summed E-state index contributed by atoms with van der Waals surface area (Å²) in [5.74, 6) is 0.751. The number of aryl methyl sites for hydroxylation is 1. The number of furan rings is 1. The normalized spacial score (nSPS) is 15.6. The number of allylic oxidation sites excluding steroid dienone is 1. The molecule has 1 fully saturated rings. The van der Waals surface area contributed by atoms with Crippen molar-refractivity contribution in [3.63, 3.8) is 0 Å². The van der Waals surface area contributed by atoms with Crippen LogP contribution in [0.15, 0.2) is 53.2 Å². The van der Waals surface area contributed by atoms with Crippen LogP contribution in [0.1, 0.15) is 18.1 Å². The number of benzene rings is 2. The van der Waals surface area contributed by atoms with Gasteiger partial charge in [-0.25, -0.2) is 0 Å². The molecule has 1 saturated heterocycles. The highest BCUT2D eigenvalue weighted by Crippen LogP contribution is 2.37. The van der Waals surface area contributed by atoms with Crippen LogP contribution in [0.5, 0.6) is 5.75 Å². The van der Waals surface area contributed by atoms with Crippen LogP contribution in [0.4, 0.5) is 0 Å². The van der Waals surface area contributed by atoms with Gasteiger partial charge in [0.1, 0.15) is 11.3 Å². The second kappa shape index (κ2) is 8.36. The maximum Gasteiger partial charge on any atom is 0.246 e. The Bertz CT molecular complexity index is 1090. The van der Waals surface area contributed by atoms with Crippen molar-refractivity contribution < 1.29 is 13.9 Å². The van der Waals surface area contributed by atoms with Crippen LogP contribution >= 0.6 is 0 Å². The molecule has 1 aliphatic heterocycles. The van der Waals surface area contributed by atoms with E-state index < -0.39 is 0 Å². The zero-order valence-electron chi connectivity index (χ0n) is 18.1. The number of rotatable bonds is 4. The van der Waals surface area contributed by atoms with Crippen molar-refractivity contribution in [3.8, 4) is 16.9 Å². The molecule has 30 heavy (non-hydrogen) atoms. The van der Waals surface area contributed by atoms with E-state index in [0.29, 0.717) is 5.75 Å². The molecule has 0 spiro atoms. The van der Waals surface area contributed by atoms with Crippen molar-refractivity contribution in [3.05, 3.63) is 59.9 Å². The average molecular weight is 405 g/mol. The van der Waals surface area contributed by atoms with E-state index in [9.17, 15) is 4.79 Å². The third-order valence-electron chi connectivity index (χ3n) is 5.84. The van der Waals surface area contributed by atoms with E-state index in [1.54, 1.807) is 19.4 Å². The van der Waals surface area contributed by atoms with Crippen LogP contribution < -0.4 is 4.74 Å². The monoisotopic (exact) mass is 404 g/mol. The number of hydrogen-bond donors (Lipinski definition) is 0. The number of methoxy groups -OCH3 is 1. The molecule has 5 nitrogen and oxygen atoms in total. The molecule has 5 heteroatoms. The number of piperazine rings is 1. The van der Waals surface area contributed by atoms with E-state index in [1.165, 1.54) is 5.56 Å². The number of hydrogen-bond acceptors (Lipinski definition) is 4. The molecule has 0 saturated carbocycles. The van der Waals surface area contributed by atoms with E-state index in [2.05, 4.69) is 49.2 Å². The number of nitrogens with zero attached hydrogens (tertiary/aromatic N) is 2. The lowest BCUT2D eigenvalue weighted by molar-refractivity contribution is -0.127. The summed E-state index contributed by atoms with van der Waals surface area (Å²) in [6, 6.07) is 12.4. The molecule has 2 aromatic carbocycles. The second-order valence-corrected chi connectivity index (χ2v) is 8.02. The summed E-state index contributed by atoms with van der Waals surface area (Å²) in [5, 5.41) is 1.01. The SMILES string of the molecule is COc1cc2occ(-c3ccc(C)cc3)c2cc1/C(C)=C/C(=O)N1CCN(C)CC1. The van der Waals surface area contributed by atoms with Crippen LogP contribution in [0, 0.1) is 6.92 Å². The molecule has 156 valence electrons. The van der Waals surface area contributed by atoms with Gasteiger partial charge >= 0.3 is 0 Å². The van der Waals surface area contributed by atoms with Crippen molar-refractivity contribution >= 4 is 22.4 Å². The van der Waals surface area contributed by atoms with Gasteiger partial charge < -0.3 is 19.0 Å². The molecule has 1 aliphatic rings. The molecular weight excluding hydrogens is 376 g/mol. The predicted octanol–water partition coefficient (Wildman–Crippen LogP) is 4.59. The molecule has 0 bridgehead atoms. The molecule has 0 N–H and O–H groups in total. The number of amides is 1. The Balaban J connectivity index is 1.71. The van der Waals surface area contributed by atoms with Gasteiger partial charge in [-0.05, 0) is 38.1 Å². The lowest BCUT2D eigenvalue weighted by Gasteiger charge is -2.31. The highest BCUT2D eigenvalue weighted by Gasteiger charge is 2.19. The smallest absolute Gasteiger partial charge is 0.246 e. The van der Waals surface area contributed by atoms with Gasteiger partial charge in [-0.15, -0.1) is 0 Å². The summed E-state index contributed by atoms with van der Waals surface area (Å²) in [6.07, 6.45) is 3.51. The van der Waals surface area contributed by atoms with E-state index in [0.717, 1.165) is 59.4 Å². The van der Waals surface area contributed by atoms with E-state index in [1.807, 2.05) is 17.9 Å². The quantitative estimate of drug-likeness (QED) is 0.597. The van der Waals surface area contributed by atoms with E-state index in [-0.39, 0.29) is 5.91 Å². The first kappa shape index (κ1) is 20.2. The number of ether oxygens (including phenoxy) is 1. The molecule has 0 radical (unpaired) electrons. The Hall–Kier alpha value is -3.05. The van der Waals surface area contributed by atoms with Crippen molar-refractivity contribution in [2.75, 3.05) is 40.3 Å². The number of fused-ring (bicyclic) bond motifs is 1. The molecule has 0 aliphatic carbocycles. The van der Waals surface area contributed by atoms with Crippen LogP contribution in [-0.2, 0) is 4.79 Å². The number of likely N-dealkylation sites (N-methyl/N-ethyl adjacent to an activating group) is 1. The molecule has 4 rings (SSSR count). The minimum Gasteiger partial charge on any atom is -0.496 e. The lowest BCUT2D eigenvalue weighted by atomic mass is 9.98. The second-order valence-electron chi connectivity index (χ2n) is 8.02. The van der Waals surface area contributed by atoms with Gasteiger partial charge in [0.15, 0.2) is 0 Å². The molecule has 1 amide bonds. The van der Waals surface area contributed by atoms with Crippen LogP contribution in [0.25, 0.3) is 27.7 Å². The molecule has 1 aromatic heterocycles. The van der Waals surface area contributed by atoms with Gasteiger partial charge in [-0.2, -0.15) is 0 Å². The first-order valence-corrected chi connectivity index (χ1v) is 10.3. The fourth-order valence-corrected chi connectivity index (χ4v) is 3.87. The minimum absolute atomic E-state index is 0.0497. The fraction of sp³-hybridized carbons (Fsp3) is 0.320. The average Bonchev–Trinajstić information content (AvgIpc) is 3.16. The number of carbonyl (C=O) groups excluding carboxylic acids is 1. The highest BCUT2D eigenvalue weighted by molar-refractivity contribution is 6.00. The summed E-state index contributed by atoms with van der Waals surface area (Å²) in [5.41, 5.74) is 5.91. The predicted molar refractivity (Wildman–Crippen MR) is 121 cm³/mol. The summed E-state index contributed by atoms with van der Waals surface area (Å²) in [6.45, 7) is 7.36. The van der Waals surface area contributed by atoms with Crippen molar-refractivity contribution in [2.24, 2.45) is 0 Å². The van der Waals surface area contributed by atoms with Gasteiger partial charge in [-0.1, -0.05) is 29.8 Å². The largest absolute Gasteiger partial charge is 0.496 e. The molecule has 0 unspecified atom stereocenters. The Morgan fingerprint density at radius 3 is 2.47 bits per heavy atom. The van der Waals surface area contributed by atoms with Crippen molar-refractivity contribution in [2.45, 2.75) is 13.8 Å². The molecule has 2 heterocycles. The van der Waals surface area contributed by atoms with Crippen LogP contribution in [0.2, 0.25) is 0 Å². The zero-order chi connectivity index (χ0) is 21.3. The zero-order valence-corrected chi connectivity index (χ0v) is 18.1. The van der Waals surface area contributed by atoms with Gasteiger partial charge in [0, 0.05) is 54.8 Å². The first-order chi connectivity index (χ1) is 14.5. The molecule has 3 aromatic rings. The maximum absolute atomic E-state index is 12.8. The lowest BCUT2D eigenvalue weighted by Crippen LogP contribution is -2.46. The van der Waals surface area contributed by atoms with E-state index in [4.69, 9.17) is 9.15 Å². The Morgan fingerprint density at radius 1 is 1.10 bits per heavy atom. The Kier molecular flexibility index (Phi) is 5.64. The standard InChI is InChI=1S/C25H28N2O3/c1-17-5-7-19(8-6-17)22-16-30-24-15-23(29-4)20(14-21(22)24)18(2)13-25(28)27-11-9-26(3)10-12-27/h5-8,13-16H,9-12H2,1-4H3/b18-13+. The van der Waals surface area contributed by atoms with E-state index >= 15 is 0 Å². The molecule has 0 atom stereocenters. The first-order valence-electron chi connectivity index (χ1n) is 10.3. The Morgan fingerprint density at radius 2 is 1.80 bits per heavy atom. The summed E-state index contributed by atoms with van der Waals surface area (Å²) < 4.78 is 11.4. The van der Waals surface area contributed by atoms with Crippen LogP contribution in [0.3, 0.4) is 0 Å². The van der Waals surface area contributed by atoms with Gasteiger partial charge in [0.2, 0.25) is 5.91 Å². The van der Waals surface area contributed by atoms with Gasteiger partial charge in [0.25, 0.3) is 0 Å². The number of carbonyl (C=O) groups is 1. The van der Waals surface area contributed by atoms with Crippen molar-refractivity contribution in [1.29, 1.82) is 0 Å².